The molecular weight excluding hydrogens is 308 g/mol. The molecule has 0 bridgehead atoms. The van der Waals surface area contributed by atoms with Crippen LogP contribution in [0.3, 0.4) is 0 Å². The highest BCUT2D eigenvalue weighted by atomic mass is 35.5. The summed E-state index contributed by atoms with van der Waals surface area (Å²) in [7, 11) is 0. The quantitative estimate of drug-likeness (QED) is 0.896. The summed E-state index contributed by atoms with van der Waals surface area (Å²) in [5.74, 6) is -3.81. The van der Waals surface area contributed by atoms with E-state index in [1.807, 2.05) is 0 Å². The predicted molar refractivity (Wildman–Crippen MR) is 70.0 cm³/mol. The van der Waals surface area contributed by atoms with Crippen LogP contribution >= 0.6 is 35.6 Å². The van der Waals surface area contributed by atoms with Gasteiger partial charge in [-0.25, -0.2) is 8.78 Å². The summed E-state index contributed by atoms with van der Waals surface area (Å²) in [5, 5.41) is 2.57. The Morgan fingerprint density at radius 2 is 1.78 bits per heavy atom. The highest BCUT2D eigenvalue weighted by molar-refractivity contribution is 6.35. The summed E-state index contributed by atoms with van der Waals surface area (Å²) >= 11 is 11.4. The average Bonchev–Trinajstić information content (AvgIpc) is 2.24. The van der Waals surface area contributed by atoms with Gasteiger partial charge in [0.25, 0.3) is 11.8 Å². The van der Waals surface area contributed by atoms with E-state index in [0.717, 1.165) is 0 Å². The first-order valence-electron chi connectivity index (χ1n) is 4.66. The molecule has 0 aliphatic carbocycles. The van der Waals surface area contributed by atoms with Crippen LogP contribution < -0.4 is 11.1 Å². The molecule has 0 heterocycles. The minimum absolute atomic E-state index is 0. The van der Waals surface area contributed by atoms with E-state index in [2.05, 4.69) is 5.32 Å². The third-order valence-electron chi connectivity index (χ3n) is 1.93. The summed E-state index contributed by atoms with van der Waals surface area (Å²) in [4.78, 5) is 11.5. The maximum atomic E-state index is 12.8. The number of halogens is 5. The fraction of sp³-hybridized carbons (Fsp3) is 0.300. The normalized spacial score (nSPS) is 10.7. The molecule has 0 radical (unpaired) electrons. The van der Waals surface area contributed by atoms with Crippen LogP contribution in [0.4, 0.5) is 8.78 Å². The number of nitrogens with one attached hydrogen (secondary N) is 1. The van der Waals surface area contributed by atoms with E-state index in [-0.39, 0.29) is 28.0 Å². The van der Waals surface area contributed by atoms with Gasteiger partial charge < -0.3 is 11.1 Å². The van der Waals surface area contributed by atoms with Crippen LogP contribution in [0.25, 0.3) is 0 Å². The topological polar surface area (TPSA) is 55.1 Å². The van der Waals surface area contributed by atoms with Crippen LogP contribution in [-0.4, -0.2) is 24.9 Å². The number of carbonyl (C=O) groups excluding carboxylic acids is 1. The molecule has 8 heteroatoms. The molecule has 0 aliphatic heterocycles. The SMILES string of the molecule is Cl.NCC(F)(F)CNC(=O)c1cc(Cl)cc(Cl)c1. The molecule has 18 heavy (non-hydrogen) atoms. The zero-order valence-corrected chi connectivity index (χ0v) is 11.4. The summed E-state index contributed by atoms with van der Waals surface area (Å²) in [5.41, 5.74) is 4.96. The van der Waals surface area contributed by atoms with Crippen LogP contribution in [0.2, 0.25) is 10.0 Å². The van der Waals surface area contributed by atoms with Gasteiger partial charge in [0.1, 0.15) is 0 Å². The van der Waals surface area contributed by atoms with Crippen LogP contribution in [-0.2, 0) is 0 Å². The second-order valence-electron chi connectivity index (χ2n) is 3.40. The third-order valence-corrected chi connectivity index (χ3v) is 2.37. The van der Waals surface area contributed by atoms with Gasteiger partial charge in [0, 0.05) is 15.6 Å². The molecule has 0 aromatic heterocycles. The lowest BCUT2D eigenvalue weighted by Crippen LogP contribution is -2.41. The van der Waals surface area contributed by atoms with E-state index in [0.29, 0.717) is 0 Å². The molecular formula is C10H11Cl3F2N2O. The van der Waals surface area contributed by atoms with Crippen molar-refractivity contribution >= 4 is 41.5 Å². The molecule has 1 aromatic rings. The van der Waals surface area contributed by atoms with E-state index in [4.69, 9.17) is 28.9 Å². The van der Waals surface area contributed by atoms with Crippen LogP contribution in [0.15, 0.2) is 18.2 Å². The second-order valence-corrected chi connectivity index (χ2v) is 4.27. The highest BCUT2D eigenvalue weighted by Gasteiger charge is 2.27. The number of alkyl halides is 2. The molecule has 1 rings (SSSR count). The molecule has 0 fully saturated rings. The number of hydrogen-bond donors (Lipinski definition) is 2. The second kappa shape index (κ2) is 7.09. The van der Waals surface area contributed by atoms with Gasteiger partial charge in [-0.2, -0.15) is 0 Å². The minimum Gasteiger partial charge on any atom is -0.346 e. The fourth-order valence-corrected chi connectivity index (χ4v) is 1.59. The van der Waals surface area contributed by atoms with Crippen LogP contribution in [0.1, 0.15) is 10.4 Å². The molecule has 0 aliphatic rings. The average molecular weight is 320 g/mol. The smallest absolute Gasteiger partial charge is 0.277 e. The van der Waals surface area contributed by atoms with Crippen molar-refractivity contribution < 1.29 is 13.6 Å². The maximum absolute atomic E-state index is 12.8. The Kier molecular flexibility index (Phi) is 6.84. The molecule has 0 saturated heterocycles. The molecule has 0 unspecified atom stereocenters. The highest BCUT2D eigenvalue weighted by Crippen LogP contribution is 2.19. The molecule has 3 N–H and O–H groups in total. The van der Waals surface area contributed by atoms with Gasteiger partial charge in [0.05, 0.1) is 13.1 Å². The fourth-order valence-electron chi connectivity index (χ4n) is 1.07. The first-order chi connectivity index (χ1) is 7.84. The molecule has 0 spiro atoms. The van der Waals surface area contributed by atoms with E-state index in [1.165, 1.54) is 18.2 Å². The summed E-state index contributed by atoms with van der Waals surface area (Å²) in [6, 6.07) is 4.11. The molecule has 102 valence electrons. The van der Waals surface area contributed by atoms with Gasteiger partial charge in [0.2, 0.25) is 0 Å². The van der Waals surface area contributed by atoms with Gasteiger partial charge in [-0.05, 0) is 18.2 Å². The number of benzene rings is 1. The van der Waals surface area contributed by atoms with Crippen LogP contribution in [0.5, 0.6) is 0 Å². The largest absolute Gasteiger partial charge is 0.346 e. The van der Waals surface area contributed by atoms with Gasteiger partial charge >= 0.3 is 0 Å². The Bertz CT molecular complexity index is 409. The number of hydrogen-bond acceptors (Lipinski definition) is 2. The number of amides is 1. The zero-order chi connectivity index (χ0) is 13.1. The van der Waals surface area contributed by atoms with E-state index < -0.39 is 24.9 Å². The lowest BCUT2D eigenvalue weighted by atomic mass is 10.2. The van der Waals surface area contributed by atoms with Crippen molar-refractivity contribution in [3.8, 4) is 0 Å². The van der Waals surface area contributed by atoms with Crippen molar-refractivity contribution in [2.24, 2.45) is 5.73 Å². The van der Waals surface area contributed by atoms with Gasteiger partial charge in [-0.3, -0.25) is 4.79 Å². The zero-order valence-electron chi connectivity index (χ0n) is 9.05. The van der Waals surface area contributed by atoms with Crippen molar-refractivity contribution in [1.82, 2.24) is 5.32 Å². The summed E-state index contributed by atoms with van der Waals surface area (Å²) in [6.45, 7) is -1.66. The Hall–Kier alpha value is -0.620. The maximum Gasteiger partial charge on any atom is 0.277 e. The van der Waals surface area contributed by atoms with Crippen molar-refractivity contribution in [1.29, 1.82) is 0 Å². The lowest BCUT2D eigenvalue weighted by molar-refractivity contribution is 0.0118. The van der Waals surface area contributed by atoms with Crippen LogP contribution in [0, 0.1) is 0 Å². The Labute approximate surface area is 119 Å². The monoisotopic (exact) mass is 318 g/mol. The molecule has 3 nitrogen and oxygen atoms in total. The predicted octanol–water partition coefficient (Wildman–Crippen LogP) is 2.74. The first-order valence-corrected chi connectivity index (χ1v) is 5.42. The van der Waals surface area contributed by atoms with Crippen molar-refractivity contribution in [2.75, 3.05) is 13.1 Å². The Morgan fingerprint density at radius 1 is 1.28 bits per heavy atom. The summed E-state index contributed by atoms with van der Waals surface area (Å²) in [6.07, 6.45) is 0. The minimum atomic E-state index is -3.13. The van der Waals surface area contributed by atoms with Gasteiger partial charge in [0.15, 0.2) is 0 Å². The standard InChI is InChI=1S/C10H10Cl2F2N2O.ClH/c11-7-1-6(2-8(12)3-7)9(17)16-5-10(13,14)4-15;/h1-3H,4-5,15H2,(H,16,17);1H. The Morgan fingerprint density at radius 3 is 2.22 bits per heavy atom. The van der Waals surface area contributed by atoms with Crippen molar-refractivity contribution in [2.45, 2.75) is 5.92 Å². The number of carbonyl (C=O) groups is 1. The van der Waals surface area contributed by atoms with E-state index >= 15 is 0 Å². The summed E-state index contributed by atoms with van der Waals surface area (Å²) < 4.78 is 25.6. The molecule has 0 saturated carbocycles. The Balaban J connectivity index is 0.00000289. The third kappa shape index (κ3) is 5.35. The number of nitrogens with two attached hydrogens (primary N) is 1. The first kappa shape index (κ1) is 17.4. The molecule has 1 amide bonds. The molecule has 0 atom stereocenters. The van der Waals surface area contributed by atoms with E-state index in [1.54, 1.807) is 0 Å². The van der Waals surface area contributed by atoms with Gasteiger partial charge in [-0.15, -0.1) is 12.4 Å². The van der Waals surface area contributed by atoms with E-state index in [9.17, 15) is 13.6 Å². The van der Waals surface area contributed by atoms with Crippen molar-refractivity contribution in [3.63, 3.8) is 0 Å². The number of rotatable bonds is 4. The lowest BCUT2D eigenvalue weighted by Gasteiger charge is -2.14. The van der Waals surface area contributed by atoms with Crippen molar-refractivity contribution in [3.05, 3.63) is 33.8 Å². The van der Waals surface area contributed by atoms with Gasteiger partial charge in [-0.1, -0.05) is 23.2 Å². The molecule has 1 aromatic carbocycles.